The van der Waals surface area contributed by atoms with E-state index in [2.05, 4.69) is 15.5 Å². The number of likely N-dealkylation sites (tertiary alicyclic amines) is 1. The standard InChI is InChI=1S/C15H26N4O2/c20-14(19-10-6-16-7-11-19)5-9-18-8-1-2-13(18)15(21)17-12-3-4-12/h12-13,16H,1-11H2,(H,17,21). The van der Waals surface area contributed by atoms with Crippen LogP contribution >= 0.6 is 0 Å². The summed E-state index contributed by atoms with van der Waals surface area (Å²) in [6.07, 6.45) is 4.78. The summed E-state index contributed by atoms with van der Waals surface area (Å²) in [6.45, 7) is 5.06. The van der Waals surface area contributed by atoms with Crippen LogP contribution in [0.3, 0.4) is 0 Å². The molecule has 1 atom stereocenters. The van der Waals surface area contributed by atoms with Gasteiger partial charge in [-0.25, -0.2) is 0 Å². The van der Waals surface area contributed by atoms with Gasteiger partial charge in [-0.2, -0.15) is 0 Å². The first-order valence-corrected chi connectivity index (χ1v) is 8.27. The second-order valence-corrected chi connectivity index (χ2v) is 6.36. The van der Waals surface area contributed by atoms with E-state index >= 15 is 0 Å². The first kappa shape index (κ1) is 14.8. The summed E-state index contributed by atoms with van der Waals surface area (Å²) < 4.78 is 0. The molecular weight excluding hydrogens is 268 g/mol. The Hall–Kier alpha value is -1.14. The molecule has 3 rings (SSSR count). The molecule has 21 heavy (non-hydrogen) atoms. The fourth-order valence-electron chi connectivity index (χ4n) is 3.23. The minimum absolute atomic E-state index is 0.0126. The first-order chi connectivity index (χ1) is 10.2. The van der Waals surface area contributed by atoms with Crippen LogP contribution < -0.4 is 10.6 Å². The largest absolute Gasteiger partial charge is 0.352 e. The summed E-state index contributed by atoms with van der Waals surface area (Å²) >= 11 is 0. The number of piperazine rings is 1. The Bertz CT molecular complexity index is 391. The lowest BCUT2D eigenvalue weighted by atomic mass is 10.2. The van der Waals surface area contributed by atoms with Crippen molar-refractivity contribution in [2.24, 2.45) is 0 Å². The van der Waals surface area contributed by atoms with E-state index in [1.807, 2.05) is 4.90 Å². The molecule has 1 saturated carbocycles. The Morgan fingerprint density at radius 3 is 2.57 bits per heavy atom. The third-order valence-corrected chi connectivity index (χ3v) is 4.67. The molecule has 2 N–H and O–H groups in total. The number of hydrogen-bond donors (Lipinski definition) is 2. The Balaban J connectivity index is 1.44. The van der Waals surface area contributed by atoms with Gasteiger partial charge in [0.05, 0.1) is 6.04 Å². The van der Waals surface area contributed by atoms with Gasteiger partial charge in [0.15, 0.2) is 0 Å². The number of carbonyl (C=O) groups is 2. The fourth-order valence-corrected chi connectivity index (χ4v) is 3.23. The molecule has 0 aromatic carbocycles. The molecule has 3 aliphatic rings. The molecular formula is C15H26N4O2. The van der Waals surface area contributed by atoms with Crippen molar-refractivity contribution in [2.75, 3.05) is 39.3 Å². The number of nitrogens with zero attached hydrogens (tertiary/aromatic N) is 2. The molecule has 0 aromatic rings. The summed E-state index contributed by atoms with van der Waals surface area (Å²) in [6, 6.07) is 0.406. The number of carbonyl (C=O) groups excluding carboxylic acids is 2. The van der Waals surface area contributed by atoms with Crippen molar-refractivity contribution in [1.29, 1.82) is 0 Å². The van der Waals surface area contributed by atoms with Crippen LogP contribution in [0.25, 0.3) is 0 Å². The van der Waals surface area contributed by atoms with Crippen LogP contribution in [0.1, 0.15) is 32.1 Å². The van der Waals surface area contributed by atoms with E-state index in [1.165, 1.54) is 0 Å². The third kappa shape index (κ3) is 3.95. The first-order valence-electron chi connectivity index (χ1n) is 8.27. The van der Waals surface area contributed by atoms with Gasteiger partial charge < -0.3 is 15.5 Å². The molecule has 2 amide bonds. The van der Waals surface area contributed by atoms with Crippen LogP contribution in [0, 0.1) is 0 Å². The molecule has 1 unspecified atom stereocenters. The topological polar surface area (TPSA) is 64.7 Å². The van der Waals surface area contributed by atoms with Crippen molar-refractivity contribution in [1.82, 2.24) is 20.4 Å². The van der Waals surface area contributed by atoms with Gasteiger partial charge in [-0.15, -0.1) is 0 Å². The molecule has 1 aliphatic carbocycles. The van der Waals surface area contributed by atoms with E-state index in [9.17, 15) is 9.59 Å². The van der Waals surface area contributed by atoms with E-state index in [4.69, 9.17) is 0 Å². The molecule has 0 aromatic heterocycles. The SMILES string of the molecule is O=C(NC1CC1)C1CCCN1CCC(=O)N1CCNCC1. The van der Waals surface area contributed by atoms with E-state index < -0.39 is 0 Å². The lowest BCUT2D eigenvalue weighted by molar-refractivity contribution is -0.133. The van der Waals surface area contributed by atoms with Gasteiger partial charge in [-0.3, -0.25) is 14.5 Å². The molecule has 118 valence electrons. The highest BCUT2D eigenvalue weighted by Crippen LogP contribution is 2.22. The quantitative estimate of drug-likeness (QED) is 0.721. The molecule has 0 spiro atoms. The predicted molar refractivity (Wildman–Crippen MR) is 79.8 cm³/mol. The van der Waals surface area contributed by atoms with Crippen LogP contribution in [-0.4, -0.2) is 73.0 Å². The van der Waals surface area contributed by atoms with Crippen molar-refractivity contribution in [3.05, 3.63) is 0 Å². The molecule has 2 aliphatic heterocycles. The zero-order valence-electron chi connectivity index (χ0n) is 12.6. The highest BCUT2D eigenvalue weighted by Gasteiger charge is 2.34. The van der Waals surface area contributed by atoms with Gasteiger partial charge in [0, 0.05) is 45.2 Å². The summed E-state index contributed by atoms with van der Waals surface area (Å²) in [7, 11) is 0. The normalized spacial score (nSPS) is 26.9. The lowest BCUT2D eigenvalue weighted by Gasteiger charge is -2.29. The summed E-state index contributed by atoms with van der Waals surface area (Å²) in [5.41, 5.74) is 0. The molecule has 6 nitrogen and oxygen atoms in total. The third-order valence-electron chi connectivity index (χ3n) is 4.67. The van der Waals surface area contributed by atoms with Gasteiger partial charge in [0.2, 0.25) is 11.8 Å². The van der Waals surface area contributed by atoms with Crippen molar-refractivity contribution in [3.8, 4) is 0 Å². The summed E-state index contributed by atoms with van der Waals surface area (Å²) in [5.74, 6) is 0.398. The van der Waals surface area contributed by atoms with E-state index in [0.29, 0.717) is 19.0 Å². The van der Waals surface area contributed by atoms with Crippen molar-refractivity contribution in [3.63, 3.8) is 0 Å². The summed E-state index contributed by atoms with van der Waals surface area (Å²) in [4.78, 5) is 28.5. The zero-order chi connectivity index (χ0) is 14.7. The second kappa shape index (κ2) is 6.75. The Morgan fingerprint density at radius 2 is 1.86 bits per heavy atom. The van der Waals surface area contributed by atoms with Gasteiger partial charge in [-0.1, -0.05) is 0 Å². The van der Waals surface area contributed by atoms with E-state index in [0.717, 1.165) is 58.4 Å². The maximum absolute atomic E-state index is 12.2. The fraction of sp³-hybridized carbons (Fsp3) is 0.867. The van der Waals surface area contributed by atoms with Gasteiger partial charge in [0.25, 0.3) is 0 Å². The van der Waals surface area contributed by atoms with E-state index in [1.54, 1.807) is 0 Å². The van der Waals surface area contributed by atoms with Crippen molar-refractivity contribution >= 4 is 11.8 Å². The Labute approximate surface area is 126 Å². The number of amides is 2. The second-order valence-electron chi connectivity index (χ2n) is 6.36. The Kier molecular flexibility index (Phi) is 4.75. The minimum atomic E-state index is -0.0126. The van der Waals surface area contributed by atoms with Crippen LogP contribution in [0.2, 0.25) is 0 Å². The molecule has 2 saturated heterocycles. The highest BCUT2D eigenvalue weighted by molar-refractivity contribution is 5.82. The van der Waals surface area contributed by atoms with Crippen LogP contribution in [0.4, 0.5) is 0 Å². The maximum Gasteiger partial charge on any atom is 0.237 e. The molecule has 2 heterocycles. The zero-order valence-corrected chi connectivity index (χ0v) is 12.6. The molecule has 0 radical (unpaired) electrons. The summed E-state index contributed by atoms with van der Waals surface area (Å²) in [5, 5.41) is 6.35. The van der Waals surface area contributed by atoms with Gasteiger partial charge in [0.1, 0.15) is 0 Å². The minimum Gasteiger partial charge on any atom is -0.352 e. The molecule has 6 heteroatoms. The monoisotopic (exact) mass is 294 g/mol. The van der Waals surface area contributed by atoms with E-state index in [-0.39, 0.29) is 17.9 Å². The van der Waals surface area contributed by atoms with Crippen molar-refractivity contribution < 1.29 is 9.59 Å². The van der Waals surface area contributed by atoms with Gasteiger partial charge >= 0.3 is 0 Å². The predicted octanol–water partition coefficient (Wildman–Crippen LogP) is -0.449. The number of hydrogen-bond acceptors (Lipinski definition) is 4. The van der Waals surface area contributed by atoms with Crippen molar-refractivity contribution in [2.45, 2.75) is 44.2 Å². The number of rotatable bonds is 5. The Morgan fingerprint density at radius 1 is 1.10 bits per heavy atom. The maximum atomic E-state index is 12.2. The van der Waals surface area contributed by atoms with Gasteiger partial charge in [-0.05, 0) is 32.2 Å². The smallest absolute Gasteiger partial charge is 0.237 e. The average Bonchev–Trinajstić information content (AvgIpc) is 3.19. The lowest BCUT2D eigenvalue weighted by Crippen LogP contribution is -2.48. The molecule has 0 bridgehead atoms. The van der Waals surface area contributed by atoms with Crippen LogP contribution in [0.5, 0.6) is 0 Å². The molecule has 3 fully saturated rings. The average molecular weight is 294 g/mol. The highest BCUT2D eigenvalue weighted by atomic mass is 16.2. The van der Waals surface area contributed by atoms with Crippen LogP contribution in [0.15, 0.2) is 0 Å². The van der Waals surface area contributed by atoms with Crippen LogP contribution in [-0.2, 0) is 9.59 Å². The number of nitrogens with one attached hydrogen (secondary N) is 2.